The first kappa shape index (κ1) is 15.6. The number of nitrogens with one attached hydrogen (secondary N) is 1. The molecule has 4 heteroatoms. The highest BCUT2D eigenvalue weighted by Crippen LogP contribution is 2.39. The van der Waals surface area contributed by atoms with Crippen molar-refractivity contribution in [1.82, 2.24) is 5.32 Å². The van der Waals surface area contributed by atoms with Gasteiger partial charge in [0.05, 0.1) is 12.7 Å². The molecule has 0 radical (unpaired) electrons. The van der Waals surface area contributed by atoms with Crippen molar-refractivity contribution in [2.45, 2.75) is 74.5 Å². The van der Waals surface area contributed by atoms with E-state index in [0.717, 1.165) is 32.4 Å². The molecule has 1 aliphatic carbocycles. The van der Waals surface area contributed by atoms with E-state index < -0.39 is 0 Å². The highest BCUT2D eigenvalue weighted by atomic mass is 32.2. The maximum Gasteiger partial charge on any atom is 0.0666 e. The molecule has 2 rings (SSSR count). The molecule has 3 nitrogen and oxygen atoms in total. The van der Waals surface area contributed by atoms with E-state index in [-0.39, 0.29) is 12.1 Å². The Morgan fingerprint density at radius 3 is 2.89 bits per heavy atom. The molecule has 0 spiro atoms. The summed E-state index contributed by atoms with van der Waals surface area (Å²) in [5.74, 6) is 0. The van der Waals surface area contributed by atoms with Gasteiger partial charge in [0.15, 0.2) is 0 Å². The summed E-state index contributed by atoms with van der Waals surface area (Å²) < 4.78 is 5.66. The van der Waals surface area contributed by atoms with E-state index in [4.69, 9.17) is 4.74 Å². The molecule has 0 amide bonds. The molecular formula is C15H29NO2S. The number of aliphatic hydroxyl groups excluding tert-OH is 1. The van der Waals surface area contributed by atoms with Crippen molar-refractivity contribution < 1.29 is 9.84 Å². The fraction of sp³-hybridized carbons (Fsp3) is 1.00. The highest BCUT2D eigenvalue weighted by molar-refractivity contribution is 8.00. The third kappa shape index (κ3) is 4.10. The lowest BCUT2D eigenvalue weighted by atomic mass is 9.82. The Kier molecular flexibility index (Phi) is 6.00. The fourth-order valence-electron chi connectivity index (χ4n) is 3.31. The molecule has 4 atom stereocenters. The summed E-state index contributed by atoms with van der Waals surface area (Å²) in [5.41, 5.74) is -0.0192. The molecule has 1 heterocycles. The number of hydrogen-bond donors (Lipinski definition) is 2. The summed E-state index contributed by atoms with van der Waals surface area (Å²) in [5, 5.41) is 14.7. The standard InChI is InChI=1S/C15H29NO2S/c1-3-8-16-15(11-17)7-4-5-13(10-15)19-14-6-9-18-12(14)2/h12-14,16-17H,3-11H2,1-2H3. The van der Waals surface area contributed by atoms with E-state index in [9.17, 15) is 5.11 Å². The van der Waals surface area contributed by atoms with E-state index in [0.29, 0.717) is 16.6 Å². The van der Waals surface area contributed by atoms with Crippen molar-refractivity contribution in [2.24, 2.45) is 0 Å². The molecule has 112 valence electrons. The molecule has 0 aromatic heterocycles. The minimum absolute atomic E-state index is 0.0192. The summed E-state index contributed by atoms with van der Waals surface area (Å²) in [7, 11) is 0. The molecule has 2 N–H and O–H groups in total. The van der Waals surface area contributed by atoms with Crippen LogP contribution in [0, 0.1) is 0 Å². The van der Waals surface area contributed by atoms with Crippen molar-refractivity contribution >= 4 is 11.8 Å². The Bertz CT molecular complexity index is 277. The third-order valence-corrected chi connectivity index (χ3v) is 6.28. The Morgan fingerprint density at radius 1 is 1.42 bits per heavy atom. The summed E-state index contributed by atoms with van der Waals surface area (Å²) in [6.45, 7) is 6.60. The first-order valence-electron chi connectivity index (χ1n) is 7.82. The number of aliphatic hydroxyl groups is 1. The molecule has 1 aliphatic heterocycles. The third-order valence-electron chi connectivity index (χ3n) is 4.53. The predicted octanol–water partition coefficient (Wildman–Crippen LogP) is 2.57. The lowest BCUT2D eigenvalue weighted by molar-refractivity contribution is 0.122. The summed E-state index contributed by atoms with van der Waals surface area (Å²) in [4.78, 5) is 0. The quantitative estimate of drug-likeness (QED) is 0.788. The van der Waals surface area contributed by atoms with Gasteiger partial charge in [-0.2, -0.15) is 11.8 Å². The molecular weight excluding hydrogens is 258 g/mol. The Hall–Kier alpha value is 0.230. The first-order chi connectivity index (χ1) is 9.19. The van der Waals surface area contributed by atoms with Crippen LogP contribution in [0.3, 0.4) is 0 Å². The van der Waals surface area contributed by atoms with Gasteiger partial charge in [0.1, 0.15) is 0 Å². The van der Waals surface area contributed by atoms with Crippen LogP contribution in [0.2, 0.25) is 0 Å². The molecule has 4 unspecified atom stereocenters. The molecule has 1 saturated carbocycles. The monoisotopic (exact) mass is 287 g/mol. The normalized spacial score (nSPS) is 39.6. The zero-order valence-corrected chi connectivity index (χ0v) is 13.2. The maximum atomic E-state index is 9.80. The molecule has 1 saturated heterocycles. The van der Waals surface area contributed by atoms with E-state index in [1.807, 2.05) is 0 Å². The zero-order chi connectivity index (χ0) is 13.7. The topological polar surface area (TPSA) is 41.5 Å². The van der Waals surface area contributed by atoms with Crippen LogP contribution < -0.4 is 5.32 Å². The fourth-order valence-corrected chi connectivity index (χ4v) is 5.06. The lowest BCUT2D eigenvalue weighted by Gasteiger charge is -2.41. The van der Waals surface area contributed by atoms with Crippen molar-refractivity contribution in [1.29, 1.82) is 0 Å². The highest BCUT2D eigenvalue weighted by Gasteiger charge is 2.37. The largest absolute Gasteiger partial charge is 0.394 e. The van der Waals surface area contributed by atoms with Gasteiger partial charge in [-0.3, -0.25) is 0 Å². The number of rotatable bonds is 6. The molecule has 2 fully saturated rings. The number of thioether (sulfide) groups is 1. The Labute approximate surface area is 121 Å². The van der Waals surface area contributed by atoms with Gasteiger partial charge < -0.3 is 15.2 Å². The second-order valence-electron chi connectivity index (χ2n) is 6.12. The Balaban J connectivity index is 1.88. The van der Waals surface area contributed by atoms with Crippen LogP contribution >= 0.6 is 11.8 Å². The molecule has 0 aromatic carbocycles. The second kappa shape index (κ2) is 7.30. The van der Waals surface area contributed by atoms with Crippen LogP contribution in [0.4, 0.5) is 0 Å². The minimum Gasteiger partial charge on any atom is -0.394 e. The van der Waals surface area contributed by atoms with Crippen LogP contribution in [0.15, 0.2) is 0 Å². The van der Waals surface area contributed by atoms with Crippen LogP contribution in [-0.2, 0) is 4.74 Å². The predicted molar refractivity (Wildman–Crippen MR) is 81.8 cm³/mol. The van der Waals surface area contributed by atoms with Crippen LogP contribution in [0.5, 0.6) is 0 Å². The average Bonchev–Trinajstić information content (AvgIpc) is 2.82. The van der Waals surface area contributed by atoms with Gasteiger partial charge in [-0.1, -0.05) is 13.3 Å². The summed E-state index contributed by atoms with van der Waals surface area (Å²) in [6.07, 6.45) is 7.48. The van der Waals surface area contributed by atoms with Crippen LogP contribution in [-0.4, -0.2) is 47.0 Å². The van der Waals surface area contributed by atoms with Crippen molar-refractivity contribution in [3.05, 3.63) is 0 Å². The number of ether oxygens (including phenoxy) is 1. The molecule has 19 heavy (non-hydrogen) atoms. The van der Waals surface area contributed by atoms with Gasteiger partial charge in [-0.25, -0.2) is 0 Å². The van der Waals surface area contributed by atoms with E-state index in [1.54, 1.807) is 0 Å². The van der Waals surface area contributed by atoms with Gasteiger partial charge in [0, 0.05) is 22.6 Å². The van der Waals surface area contributed by atoms with Crippen LogP contribution in [0.25, 0.3) is 0 Å². The van der Waals surface area contributed by atoms with Gasteiger partial charge >= 0.3 is 0 Å². The molecule has 0 aromatic rings. The molecule has 0 bridgehead atoms. The van der Waals surface area contributed by atoms with E-state index in [2.05, 4.69) is 30.9 Å². The number of hydrogen-bond acceptors (Lipinski definition) is 4. The van der Waals surface area contributed by atoms with Crippen molar-refractivity contribution in [2.75, 3.05) is 19.8 Å². The van der Waals surface area contributed by atoms with Gasteiger partial charge in [0.2, 0.25) is 0 Å². The first-order valence-corrected chi connectivity index (χ1v) is 8.76. The smallest absolute Gasteiger partial charge is 0.0666 e. The summed E-state index contributed by atoms with van der Waals surface area (Å²) >= 11 is 2.11. The summed E-state index contributed by atoms with van der Waals surface area (Å²) in [6, 6.07) is 0. The van der Waals surface area contributed by atoms with Crippen LogP contribution in [0.1, 0.15) is 52.4 Å². The molecule has 2 aliphatic rings. The van der Waals surface area contributed by atoms with Gasteiger partial charge in [0.25, 0.3) is 0 Å². The Morgan fingerprint density at radius 2 is 2.26 bits per heavy atom. The van der Waals surface area contributed by atoms with E-state index >= 15 is 0 Å². The van der Waals surface area contributed by atoms with Crippen molar-refractivity contribution in [3.8, 4) is 0 Å². The van der Waals surface area contributed by atoms with Gasteiger partial charge in [-0.05, 0) is 45.6 Å². The minimum atomic E-state index is -0.0192. The van der Waals surface area contributed by atoms with E-state index in [1.165, 1.54) is 19.3 Å². The van der Waals surface area contributed by atoms with Crippen molar-refractivity contribution in [3.63, 3.8) is 0 Å². The second-order valence-corrected chi connectivity index (χ2v) is 7.67. The average molecular weight is 287 g/mol. The van der Waals surface area contributed by atoms with Gasteiger partial charge in [-0.15, -0.1) is 0 Å². The lowest BCUT2D eigenvalue weighted by Crippen LogP contribution is -2.52. The SMILES string of the molecule is CCCNC1(CO)CCCC(SC2CCOC2C)C1. The zero-order valence-electron chi connectivity index (χ0n) is 12.4. The maximum absolute atomic E-state index is 9.80.